The van der Waals surface area contributed by atoms with Crippen LogP contribution in [0.3, 0.4) is 0 Å². The van der Waals surface area contributed by atoms with E-state index in [1.54, 1.807) is 26.0 Å². The van der Waals surface area contributed by atoms with E-state index in [0.717, 1.165) is 0 Å². The van der Waals surface area contributed by atoms with E-state index in [1.807, 2.05) is 0 Å². The number of benzene rings is 1. The molecule has 1 amide bonds. The van der Waals surface area contributed by atoms with E-state index in [-0.39, 0.29) is 17.6 Å². The number of ether oxygens (including phenoxy) is 2. The Labute approximate surface area is 117 Å². The number of aryl methyl sites for hydroxylation is 2. The zero-order chi connectivity index (χ0) is 14.9. The summed E-state index contributed by atoms with van der Waals surface area (Å²) in [5.41, 5.74) is 1.04. The van der Waals surface area contributed by atoms with Crippen molar-refractivity contribution in [2.75, 3.05) is 13.2 Å². The number of alkyl carbamates (subject to hydrolysis) is 1. The van der Waals surface area contributed by atoms with Crippen LogP contribution in [0.2, 0.25) is 0 Å². The lowest BCUT2D eigenvalue weighted by Gasteiger charge is -2.13. The molecule has 0 bridgehead atoms. The molecule has 7 nitrogen and oxygen atoms in total. The van der Waals surface area contributed by atoms with Gasteiger partial charge in [0.05, 0.1) is 11.4 Å². The average Bonchev–Trinajstić information content (AvgIpc) is 2.69. The number of hydrogen-bond acceptors (Lipinski definition) is 5. The van der Waals surface area contributed by atoms with E-state index in [0.29, 0.717) is 23.4 Å². The van der Waals surface area contributed by atoms with Gasteiger partial charge in [0, 0.05) is 0 Å². The molecule has 1 fully saturated rings. The van der Waals surface area contributed by atoms with E-state index in [1.165, 1.54) is 0 Å². The summed E-state index contributed by atoms with van der Waals surface area (Å²) in [6.45, 7) is 3.89. The topological polar surface area (TPSA) is 108 Å². The largest absolute Gasteiger partial charge is 0.490 e. The highest BCUT2D eigenvalue weighted by Gasteiger charge is 2.23. The number of nitrogens with two attached hydrogens (primary N) is 1. The SMILES string of the molecule is Cc1cc(OCC2CNC(=O)O2)cc(C)c1S(N)(=O)=O. The predicted molar refractivity (Wildman–Crippen MR) is 71.1 cm³/mol. The van der Waals surface area contributed by atoms with Crippen molar-refractivity contribution in [3.05, 3.63) is 23.3 Å². The zero-order valence-corrected chi connectivity index (χ0v) is 12.0. The number of carbonyl (C=O) groups excluding carboxylic acids is 1. The molecule has 1 aliphatic rings. The van der Waals surface area contributed by atoms with Crippen molar-refractivity contribution in [2.45, 2.75) is 24.8 Å². The van der Waals surface area contributed by atoms with E-state index in [4.69, 9.17) is 14.6 Å². The molecule has 0 spiro atoms. The van der Waals surface area contributed by atoms with Crippen LogP contribution >= 0.6 is 0 Å². The second-order valence-corrected chi connectivity index (χ2v) is 6.15. The van der Waals surface area contributed by atoms with Crippen molar-refractivity contribution in [1.29, 1.82) is 0 Å². The highest BCUT2D eigenvalue weighted by atomic mass is 32.2. The summed E-state index contributed by atoms with van der Waals surface area (Å²) in [4.78, 5) is 11.0. The Morgan fingerprint density at radius 2 is 2.00 bits per heavy atom. The third-order valence-electron chi connectivity index (χ3n) is 2.90. The molecule has 1 saturated heterocycles. The molecular formula is C12H16N2O5S. The van der Waals surface area contributed by atoms with E-state index < -0.39 is 16.1 Å². The minimum absolute atomic E-state index is 0.110. The number of carbonyl (C=O) groups is 1. The van der Waals surface area contributed by atoms with Crippen LogP contribution in [0.5, 0.6) is 5.75 Å². The molecule has 0 aromatic heterocycles. The van der Waals surface area contributed by atoms with Gasteiger partial charge in [-0.1, -0.05) is 0 Å². The number of sulfonamides is 1. The summed E-state index contributed by atoms with van der Waals surface area (Å²) in [5, 5.41) is 7.68. The smallest absolute Gasteiger partial charge is 0.407 e. The molecule has 8 heteroatoms. The van der Waals surface area contributed by atoms with Gasteiger partial charge in [-0.3, -0.25) is 0 Å². The summed E-state index contributed by atoms with van der Waals surface area (Å²) in [6.07, 6.45) is -0.809. The average molecular weight is 300 g/mol. The van der Waals surface area contributed by atoms with Crippen LogP contribution in [0.15, 0.2) is 17.0 Å². The van der Waals surface area contributed by atoms with Crippen molar-refractivity contribution < 1.29 is 22.7 Å². The third-order valence-corrected chi connectivity index (χ3v) is 4.12. The second-order valence-electron chi connectivity index (χ2n) is 4.65. The maximum absolute atomic E-state index is 11.5. The molecule has 1 aromatic carbocycles. The summed E-state index contributed by atoms with van der Waals surface area (Å²) < 4.78 is 33.4. The Morgan fingerprint density at radius 3 is 2.45 bits per heavy atom. The fourth-order valence-corrected chi connectivity index (χ4v) is 3.17. The minimum atomic E-state index is -3.75. The standard InChI is InChI=1S/C12H16N2O5S/c1-7-3-9(4-8(2)11(7)20(13,16)17)18-6-10-5-14-12(15)19-10/h3-4,10H,5-6H2,1-2H3,(H,14,15)(H2,13,16,17). The van der Waals surface area contributed by atoms with E-state index in [9.17, 15) is 13.2 Å². The first-order valence-corrected chi connectivity index (χ1v) is 7.53. The van der Waals surface area contributed by atoms with Gasteiger partial charge in [-0.05, 0) is 37.1 Å². The molecule has 0 radical (unpaired) electrons. The maximum atomic E-state index is 11.5. The maximum Gasteiger partial charge on any atom is 0.407 e. The fraction of sp³-hybridized carbons (Fsp3) is 0.417. The number of amides is 1. The van der Waals surface area contributed by atoms with Crippen molar-refractivity contribution in [3.8, 4) is 5.75 Å². The van der Waals surface area contributed by atoms with Gasteiger partial charge < -0.3 is 14.8 Å². The monoisotopic (exact) mass is 300 g/mol. The first-order valence-electron chi connectivity index (χ1n) is 5.98. The van der Waals surface area contributed by atoms with Crippen molar-refractivity contribution in [3.63, 3.8) is 0 Å². The Balaban J connectivity index is 2.13. The lowest BCUT2D eigenvalue weighted by molar-refractivity contribution is 0.105. The van der Waals surface area contributed by atoms with Crippen LogP contribution in [-0.4, -0.2) is 33.8 Å². The van der Waals surface area contributed by atoms with Crippen LogP contribution in [0.1, 0.15) is 11.1 Å². The minimum Gasteiger partial charge on any atom is -0.490 e. The molecule has 1 heterocycles. The Hall–Kier alpha value is -1.80. The van der Waals surface area contributed by atoms with Crippen LogP contribution in [0.4, 0.5) is 4.79 Å². The van der Waals surface area contributed by atoms with Crippen LogP contribution in [-0.2, 0) is 14.8 Å². The van der Waals surface area contributed by atoms with Gasteiger partial charge in [-0.25, -0.2) is 18.4 Å². The highest BCUT2D eigenvalue weighted by Crippen LogP contribution is 2.25. The third kappa shape index (κ3) is 3.20. The van der Waals surface area contributed by atoms with Crippen molar-refractivity contribution in [1.82, 2.24) is 5.32 Å². The fourth-order valence-electron chi connectivity index (χ4n) is 2.16. The van der Waals surface area contributed by atoms with Crippen LogP contribution in [0, 0.1) is 13.8 Å². The number of nitrogens with one attached hydrogen (secondary N) is 1. The summed E-state index contributed by atoms with van der Waals surface area (Å²) in [7, 11) is -3.75. The van der Waals surface area contributed by atoms with E-state index >= 15 is 0 Å². The van der Waals surface area contributed by atoms with Gasteiger partial charge in [0.2, 0.25) is 10.0 Å². The molecule has 1 aliphatic heterocycles. The first kappa shape index (κ1) is 14.6. The quantitative estimate of drug-likeness (QED) is 0.838. The predicted octanol–water partition coefficient (Wildman–Crippen LogP) is 0.438. The second kappa shape index (κ2) is 5.29. The molecule has 2 rings (SSSR count). The molecule has 20 heavy (non-hydrogen) atoms. The normalized spacial score (nSPS) is 18.6. The first-order chi connectivity index (χ1) is 9.27. The highest BCUT2D eigenvalue weighted by molar-refractivity contribution is 7.89. The molecule has 0 aliphatic carbocycles. The Kier molecular flexibility index (Phi) is 3.87. The van der Waals surface area contributed by atoms with Crippen molar-refractivity contribution in [2.24, 2.45) is 5.14 Å². The molecule has 1 atom stereocenters. The number of cyclic esters (lactones) is 1. The molecular weight excluding hydrogens is 284 g/mol. The van der Waals surface area contributed by atoms with Gasteiger partial charge in [0.25, 0.3) is 0 Å². The Morgan fingerprint density at radius 1 is 1.40 bits per heavy atom. The molecule has 110 valence electrons. The lowest BCUT2D eigenvalue weighted by Crippen LogP contribution is -2.22. The molecule has 3 N–H and O–H groups in total. The molecule has 1 aromatic rings. The number of rotatable bonds is 4. The molecule has 1 unspecified atom stereocenters. The lowest BCUT2D eigenvalue weighted by atomic mass is 10.1. The zero-order valence-electron chi connectivity index (χ0n) is 11.2. The van der Waals surface area contributed by atoms with Crippen LogP contribution in [0.25, 0.3) is 0 Å². The van der Waals surface area contributed by atoms with Gasteiger partial charge in [-0.15, -0.1) is 0 Å². The van der Waals surface area contributed by atoms with Gasteiger partial charge in [0.15, 0.2) is 6.10 Å². The summed E-state index contributed by atoms with van der Waals surface area (Å²) in [5.74, 6) is 0.510. The Bertz CT molecular complexity index is 618. The van der Waals surface area contributed by atoms with E-state index in [2.05, 4.69) is 5.32 Å². The number of hydrogen-bond donors (Lipinski definition) is 2. The van der Waals surface area contributed by atoms with Gasteiger partial charge in [-0.2, -0.15) is 0 Å². The summed E-state index contributed by atoms with van der Waals surface area (Å²) in [6, 6.07) is 3.19. The van der Waals surface area contributed by atoms with Gasteiger partial charge in [0.1, 0.15) is 12.4 Å². The van der Waals surface area contributed by atoms with Crippen molar-refractivity contribution >= 4 is 16.1 Å². The van der Waals surface area contributed by atoms with Gasteiger partial charge >= 0.3 is 6.09 Å². The summed E-state index contributed by atoms with van der Waals surface area (Å²) >= 11 is 0. The molecule has 0 saturated carbocycles. The van der Waals surface area contributed by atoms with Crippen LogP contribution < -0.4 is 15.2 Å². The number of primary sulfonamides is 1.